The van der Waals surface area contributed by atoms with E-state index in [2.05, 4.69) is 6.58 Å². The molecule has 1 atom stereocenters. The van der Waals surface area contributed by atoms with E-state index in [4.69, 9.17) is 0 Å². The highest BCUT2D eigenvalue weighted by atomic mass is 32.2. The van der Waals surface area contributed by atoms with Crippen LogP contribution >= 0.6 is 0 Å². The van der Waals surface area contributed by atoms with E-state index in [-0.39, 0.29) is 11.7 Å². The normalized spacial score (nSPS) is 25.3. The van der Waals surface area contributed by atoms with E-state index in [1.807, 2.05) is 30.3 Å². The van der Waals surface area contributed by atoms with Crippen LogP contribution in [0.1, 0.15) is 24.8 Å². The van der Waals surface area contributed by atoms with Crippen LogP contribution in [0.15, 0.2) is 43.0 Å². The quantitative estimate of drug-likeness (QED) is 0.765. The van der Waals surface area contributed by atoms with Gasteiger partial charge in [0.1, 0.15) is 0 Å². The van der Waals surface area contributed by atoms with Crippen LogP contribution in [0.25, 0.3) is 0 Å². The number of nitrogens with zero attached hydrogens (tertiary/aromatic N) is 2. The maximum atomic E-state index is 12.8. The topological polar surface area (TPSA) is 57.7 Å². The molecule has 0 N–H and O–H groups in total. The summed E-state index contributed by atoms with van der Waals surface area (Å²) >= 11 is 0. The molecule has 1 unspecified atom stereocenters. The summed E-state index contributed by atoms with van der Waals surface area (Å²) < 4.78 is 27.1. The lowest BCUT2D eigenvalue weighted by atomic mass is 9.79. The number of carbonyl (C=O) groups excluding carboxylic acids is 1. The van der Waals surface area contributed by atoms with Crippen LogP contribution in [-0.4, -0.2) is 49.7 Å². The molecule has 0 aromatic heterocycles. The Kier molecular flexibility index (Phi) is 4.78. The Morgan fingerprint density at radius 1 is 1.17 bits per heavy atom. The van der Waals surface area contributed by atoms with Crippen molar-refractivity contribution in [2.24, 2.45) is 5.41 Å². The molecule has 0 radical (unpaired) electrons. The first-order valence-electron chi connectivity index (χ1n) is 8.39. The number of hydrogen-bond donors (Lipinski definition) is 0. The average Bonchev–Trinajstić information content (AvgIpc) is 2.85. The second-order valence-corrected chi connectivity index (χ2v) is 8.72. The Morgan fingerprint density at radius 2 is 1.92 bits per heavy atom. The van der Waals surface area contributed by atoms with Gasteiger partial charge in [-0.1, -0.05) is 36.4 Å². The summed E-state index contributed by atoms with van der Waals surface area (Å²) in [6, 6.07) is 9.21. The van der Waals surface area contributed by atoms with Gasteiger partial charge < -0.3 is 4.90 Å². The first-order chi connectivity index (χ1) is 11.5. The lowest BCUT2D eigenvalue weighted by Gasteiger charge is -2.38. The molecule has 2 aliphatic rings. The molecule has 1 spiro atoms. The van der Waals surface area contributed by atoms with E-state index in [0.717, 1.165) is 24.8 Å². The van der Waals surface area contributed by atoms with Crippen LogP contribution in [0.3, 0.4) is 0 Å². The van der Waals surface area contributed by atoms with Gasteiger partial charge in [-0.05, 0) is 24.8 Å². The largest absolute Gasteiger partial charge is 0.338 e. The number of likely N-dealkylation sites (tertiary alicyclic amines) is 1. The maximum absolute atomic E-state index is 12.8. The molecule has 0 bridgehead atoms. The van der Waals surface area contributed by atoms with Crippen molar-refractivity contribution in [1.82, 2.24) is 9.21 Å². The summed E-state index contributed by atoms with van der Waals surface area (Å²) in [5, 5.41) is 0. The van der Waals surface area contributed by atoms with Gasteiger partial charge in [0, 0.05) is 26.2 Å². The molecule has 5 nitrogen and oxygen atoms in total. The molecule has 2 heterocycles. The van der Waals surface area contributed by atoms with E-state index in [0.29, 0.717) is 26.2 Å². The molecule has 6 heteroatoms. The second-order valence-electron chi connectivity index (χ2n) is 6.75. The molecule has 2 aliphatic heterocycles. The molecule has 1 aromatic rings. The highest BCUT2D eigenvalue weighted by Gasteiger charge is 2.50. The summed E-state index contributed by atoms with van der Waals surface area (Å²) in [5.74, 6) is 0.0797. The van der Waals surface area contributed by atoms with Gasteiger partial charge in [0.2, 0.25) is 15.9 Å². The molecule has 3 rings (SSSR count). The average molecular weight is 348 g/mol. The van der Waals surface area contributed by atoms with Crippen molar-refractivity contribution < 1.29 is 13.2 Å². The number of carbonyl (C=O) groups is 1. The van der Waals surface area contributed by atoms with Crippen LogP contribution in [0, 0.1) is 5.41 Å². The Hall–Kier alpha value is -1.66. The van der Waals surface area contributed by atoms with Crippen molar-refractivity contribution in [3.05, 3.63) is 48.6 Å². The first kappa shape index (κ1) is 17.2. The molecule has 130 valence electrons. The predicted octanol–water partition coefficient (Wildman–Crippen LogP) is 2.02. The fraction of sp³-hybridized carbons (Fsp3) is 0.500. The van der Waals surface area contributed by atoms with Crippen LogP contribution in [-0.2, 0) is 20.6 Å². The molecule has 0 aliphatic carbocycles. The SMILES string of the molecule is C=CCN1CCC2(CCCN(S(=O)(=O)Cc3ccccc3)C2)C1=O. The molecular formula is C18H24N2O3S. The van der Waals surface area contributed by atoms with Gasteiger partial charge in [-0.25, -0.2) is 12.7 Å². The van der Waals surface area contributed by atoms with Crippen molar-refractivity contribution in [3.8, 4) is 0 Å². The summed E-state index contributed by atoms with van der Waals surface area (Å²) in [5.41, 5.74) is 0.244. The smallest absolute Gasteiger partial charge is 0.230 e. The molecule has 0 saturated carbocycles. The van der Waals surface area contributed by atoms with Crippen molar-refractivity contribution in [2.75, 3.05) is 26.2 Å². The number of amides is 1. The lowest BCUT2D eigenvalue weighted by molar-refractivity contribution is -0.137. The van der Waals surface area contributed by atoms with Crippen LogP contribution < -0.4 is 0 Å². The highest BCUT2D eigenvalue weighted by molar-refractivity contribution is 7.88. The minimum Gasteiger partial charge on any atom is -0.338 e. The standard InChI is InChI=1S/C18H24N2O3S/c1-2-11-19-13-10-18(17(19)21)9-6-12-20(15-18)24(22,23)14-16-7-4-3-5-8-16/h2-5,7-8H,1,6,9-15H2. The van der Waals surface area contributed by atoms with Gasteiger partial charge in [-0.15, -0.1) is 6.58 Å². The highest BCUT2D eigenvalue weighted by Crippen LogP contribution is 2.41. The van der Waals surface area contributed by atoms with Gasteiger partial charge in [0.25, 0.3) is 0 Å². The zero-order valence-electron chi connectivity index (χ0n) is 13.9. The molecule has 2 saturated heterocycles. The Morgan fingerprint density at radius 3 is 2.62 bits per heavy atom. The van der Waals surface area contributed by atoms with Crippen LogP contribution in [0.5, 0.6) is 0 Å². The Balaban J connectivity index is 1.76. The number of sulfonamides is 1. The number of rotatable bonds is 5. The predicted molar refractivity (Wildman–Crippen MR) is 93.7 cm³/mol. The van der Waals surface area contributed by atoms with E-state index in [1.54, 1.807) is 11.0 Å². The summed E-state index contributed by atoms with van der Waals surface area (Å²) in [4.78, 5) is 14.6. The van der Waals surface area contributed by atoms with Gasteiger partial charge in [-0.2, -0.15) is 0 Å². The van der Waals surface area contributed by atoms with Crippen LogP contribution in [0.2, 0.25) is 0 Å². The summed E-state index contributed by atoms with van der Waals surface area (Å²) in [6.07, 6.45) is 3.97. The van der Waals surface area contributed by atoms with Gasteiger partial charge in [0.05, 0.1) is 11.2 Å². The second kappa shape index (κ2) is 6.69. The number of hydrogen-bond acceptors (Lipinski definition) is 3. The summed E-state index contributed by atoms with van der Waals surface area (Å²) in [6.45, 7) is 5.74. The fourth-order valence-electron chi connectivity index (χ4n) is 3.80. The van der Waals surface area contributed by atoms with E-state index < -0.39 is 15.4 Å². The van der Waals surface area contributed by atoms with Gasteiger partial charge >= 0.3 is 0 Å². The third-order valence-electron chi connectivity index (χ3n) is 5.08. The van der Waals surface area contributed by atoms with E-state index in [9.17, 15) is 13.2 Å². The number of benzene rings is 1. The first-order valence-corrected chi connectivity index (χ1v) is 10.00. The summed E-state index contributed by atoms with van der Waals surface area (Å²) in [7, 11) is -3.41. The zero-order valence-corrected chi connectivity index (χ0v) is 14.7. The minimum atomic E-state index is -3.41. The zero-order chi connectivity index (χ0) is 17.2. The van der Waals surface area contributed by atoms with Crippen molar-refractivity contribution in [3.63, 3.8) is 0 Å². The van der Waals surface area contributed by atoms with Crippen molar-refractivity contribution in [2.45, 2.75) is 25.0 Å². The Bertz CT molecular complexity index is 717. The van der Waals surface area contributed by atoms with E-state index in [1.165, 1.54) is 4.31 Å². The minimum absolute atomic E-state index is 0.00547. The molecule has 2 fully saturated rings. The molecule has 1 aromatic carbocycles. The molecular weight excluding hydrogens is 324 g/mol. The van der Waals surface area contributed by atoms with E-state index >= 15 is 0 Å². The Labute approximate surface area is 144 Å². The molecule has 24 heavy (non-hydrogen) atoms. The van der Waals surface area contributed by atoms with Crippen molar-refractivity contribution >= 4 is 15.9 Å². The monoisotopic (exact) mass is 348 g/mol. The van der Waals surface area contributed by atoms with Crippen molar-refractivity contribution in [1.29, 1.82) is 0 Å². The fourth-order valence-corrected chi connectivity index (χ4v) is 5.45. The lowest BCUT2D eigenvalue weighted by Crippen LogP contribution is -2.50. The maximum Gasteiger partial charge on any atom is 0.230 e. The third kappa shape index (κ3) is 3.26. The van der Waals surface area contributed by atoms with Gasteiger partial charge in [0.15, 0.2) is 0 Å². The van der Waals surface area contributed by atoms with Gasteiger partial charge in [-0.3, -0.25) is 4.79 Å². The van der Waals surface area contributed by atoms with Crippen LogP contribution in [0.4, 0.5) is 0 Å². The number of piperidine rings is 1. The molecule has 1 amide bonds. The third-order valence-corrected chi connectivity index (χ3v) is 6.87.